The van der Waals surface area contributed by atoms with Crippen LogP contribution in [0.5, 0.6) is 0 Å². The molecule has 2 atom stereocenters. The molecule has 10 nitrogen and oxygen atoms in total. The first kappa shape index (κ1) is 25.3. The minimum atomic E-state index is -0.684. The van der Waals surface area contributed by atoms with Crippen LogP contribution in [0.1, 0.15) is 42.7 Å². The van der Waals surface area contributed by atoms with Crippen LogP contribution >= 0.6 is 0 Å². The van der Waals surface area contributed by atoms with Crippen molar-refractivity contribution in [1.29, 1.82) is 0 Å². The highest BCUT2D eigenvalue weighted by molar-refractivity contribution is 5.95. The number of carbonyl (C=O) groups is 2. The van der Waals surface area contributed by atoms with Crippen molar-refractivity contribution in [1.82, 2.24) is 14.5 Å². The third-order valence-electron chi connectivity index (χ3n) is 7.71. The Balaban J connectivity index is 1.27. The molecule has 1 heterocycles. The lowest BCUT2D eigenvalue weighted by Gasteiger charge is -2.31. The predicted octanol–water partition coefficient (Wildman–Crippen LogP) is 2.70. The molecular formula is C28H31N5O5. The van der Waals surface area contributed by atoms with Gasteiger partial charge in [-0.15, -0.1) is 0 Å². The number of nitrogens with one attached hydrogen (secondary N) is 2. The zero-order valence-electron chi connectivity index (χ0n) is 21.4. The van der Waals surface area contributed by atoms with E-state index in [4.69, 9.17) is 10.5 Å². The summed E-state index contributed by atoms with van der Waals surface area (Å²) in [6, 6.07) is 15.7. The van der Waals surface area contributed by atoms with Gasteiger partial charge in [-0.2, -0.15) is 0 Å². The van der Waals surface area contributed by atoms with Crippen LogP contribution in [0.15, 0.2) is 58.1 Å². The summed E-state index contributed by atoms with van der Waals surface area (Å²) in [5.74, 6) is -1.20. The van der Waals surface area contributed by atoms with E-state index in [0.29, 0.717) is 12.8 Å². The second-order valence-electron chi connectivity index (χ2n) is 9.92. The van der Waals surface area contributed by atoms with Crippen molar-refractivity contribution in [3.63, 3.8) is 0 Å². The van der Waals surface area contributed by atoms with Crippen molar-refractivity contribution in [3.05, 3.63) is 80.5 Å². The van der Waals surface area contributed by atoms with Crippen molar-refractivity contribution in [2.24, 2.45) is 20.0 Å². The Morgan fingerprint density at radius 1 is 0.947 bits per heavy atom. The number of alkyl carbamates (subject to hydrolysis) is 1. The van der Waals surface area contributed by atoms with Gasteiger partial charge in [0.2, 0.25) is 5.91 Å². The van der Waals surface area contributed by atoms with Crippen molar-refractivity contribution in [2.75, 3.05) is 17.7 Å². The summed E-state index contributed by atoms with van der Waals surface area (Å²) in [5.41, 5.74) is 9.06. The molecule has 10 heteroatoms. The Kier molecular flexibility index (Phi) is 6.79. The number of nitrogens with zero attached hydrogens (tertiary/aromatic N) is 2. The molecule has 3 aromatic rings. The maximum absolute atomic E-state index is 13.2. The Hall–Kier alpha value is -4.34. The van der Waals surface area contributed by atoms with Crippen LogP contribution in [0.4, 0.5) is 16.3 Å². The molecule has 0 radical (unpaired) electrons. The minimum absolute atomic E-state index is 0.0671. The molecule has 0 spiro atoms. The van der Waals surface area contributed by atoms with E-state index >= 15 is 0 Å². The lowest BCUT2D eigenvalue weighted by Crippen LogP contribution is -2.48. The molecule has 0 aliphatic heterocycles. The van der Waals surface area contributed by atoms with Crippen LogP contribution in [-0.2, 0) is 23.6 Å². The number of aromatic nitrogens is 2. The van der Waals surface area contributed by atoms with Gasteiger partial charge in [0.25, 0.3) is 5.56 Å². The SMILES string of the molecule is Cn1c(N)c(NC(=O)[C@@H]2CCCC[C@H]2NC(=O)OCC2c3ccccc3-c3ccccc32)c(=O)n(C)c1=O. The normalized spacial score (nSPS) is 18.4. The number of nitrogen functional groups attached to an aromatic ring is 1. The largest absolute Gasteiger partial charge is 0.449 e. The quantitative estimate of drug-likeness (QED) is 0.476. The number of rotatable bonds is 5. The topological polar surface area (TPSA) is 137 Å². The van der Waals surface area contributed by atoms with Gasteiger partial charge in [0.1, 0.15) is 18.1 Å². The van der Waals surface area contributed by atoms with E-state index in [2.05, 4.69) is 34.9 Å². The van der Waals surface area contributed by atoms with Crippen molar-refractivity contribution in [2.45, 2.75) is 37.6 Å². The number of benzene rings is 2. The third-order valence-corrected chi connectivity index (χ3v) is 7.71. The molecule has 38 heavy (non-hydrogen) atoms. The first-order valence-corrected chi connectivity index (χ1v) is 12.8. The fourth-order valence-electron chi connectivity index (χ4n) is 5.60. The third kappa shape index (κ3) is 4.46. The average Bonchev–Trinajstić information content (AvgIpc) is 3.26. The molecule has 198 valence electrons. The molecule has 0 unspecified atom stereocenters. The van der Waals surface area contributed by atoms with Gasteiger partial charge in [-0.05, 0) is 35.1 Å². The minimum Gasteiger partial charge on any atom is -0.449 e. The number of hydrogen-bond donors (Lipinski definition) is 3. The summed E-state index contributed by atoms with van der Waals surface area (Å²) in [5, 5.41) is 5.49. The Morgan fingerprint density at radius 3 is 2.21 bits per heavy atom. The van der Waals surface area contributed by atoms with Gasteiger partial charge in [-0.3, -0.25) is 18.7 Å². The Morgan fingerprint density at radius 2 is 1.55 bits per heavy atom. The van der Waals surface area contributed by atoms with Crippen molar-refractivity contribution < 1.29 is 14.3 Å². The first-order chi connectivity index (χ1) is 18.3. The zero-order chi connectivity index (χ0) is 27.0. The van der Waals surface area contributed by atoms with Gasteiger partial charge >= 0.3 is 11.8 Å². The standard InChI is InChI=1S/C28H31N5O5/c1-32-24(29)23(26(35)33(2)28(32)37)31-25(34)20-13-7-8-14-22(20)30-27(36)38-15-21-18-11-5-3-9-16(18)17-10-4-6-12-19(17)21/h3-6,9-12,20-22H,7-8,13-15,29H2,1-2H3,(H,30,36)(H,31,34)/t20-,22-/m1/s1. The van der Waals surface area contributed by atoms with E-state index in [1.807, 2.05) is 24.3 Å². The zero-order valence-corrected chi connectivity index (χ0v) is 21.4. The summed E-state index contributed by atoms with van der Waals surface area (Å²) >= 11 is 0. The van der Waals surface area contributed by atoms with E-state index in [-0.39, 0.29) is 24.0 Å². The van der Waals surface area contributed by atoms with Crippen LogP contribution in [0.2, 0.25) is 0 Å². The van der Waals surface area contributed by atoms with Crippen LogP contribution in [0.3, 0.4) is 0 Å². The molecule has 1 saturated carbocycles. The van der Waals surface area contributed by atoms with Gasteiger partial charge in [-0.25, -0.2) is 9.59 Å². The summed E-state index contributed by atoms with van der Waals surface area (Å²) in [6.45, 7) is 0.175. The fourth-order valence-corrected chi connectivity index (χ4v) is 5.60. The molecule has 1 aromatic heterocycles. The molecule has 1 fully saturated rings. The Labute approximate surface area is 219 Å². The van der Waals surface area contributed by atoms with Crippen LogP contribution < -0.4 is 27.6 Å². The Bertz CT molecular complexity index is 1480. The summed E-state index contributed by atoms with van der Waals surface area (Å²) in [6.07, 6.45) is 2.20. The van der Waals surface area contributed by atoms with Gasteiger partial charge in [-0.1, -0.05) is 61.4 Å². The van der Waals surface area contributed by atoms with Crippen LogP contribution in [0.25, 0.3) is 11.1 Å². The van der Waals surface area contributed by atoms with Gasteiger partial charge in [0.05, 0.1) is 5.92 Å². The number of hydrogen-bond acceptors (Lipinski definition) is 6. The highest BCUT2D eigenvalue weighted by Gasteiger charge is 2.34. The first-order valence-electron chi connectivity index (χ1n) is 12.8. The van der Waals surface area contributed by atoms with Crippen LogP contribution in [-0.4, -0.2) is 33.8 Å². The number of amides is 2. The van der Waals surface area contributed by atoms with Crippen molar-refractivity contribution in [3.8, 4) is 11.1 Å². The van der Waals surface area contributed by atoms with Gasteiger partial charge in [0, 0.05) is 26.1 Å². The second kappa shape index (κ2) is 10.2. The molecule has 4 N–H and O–H groups in total. The van der Waals surface area contributed by atoms with E-state index < -0.39 is 35.2 Å². The average molecular weight is 518 g/mol. The predicted molar refractivity (Wildman–Crippen MR) is 144 cm³/mol. The lowest BCUT2D eigenvalue weighted by molar-refractivity contribution is -0.121. The number of anilines is 2. The lowest BCUT2D eigenvalue weighted by atomic mass is 9.84. The van der Waals surface area contributed by atoms with Crippen LogP contribution in [0, 0.1) is 5.92 Å². The van der Waals surface area contributed by atoms with Gasteiger partial charge in [0.15, 0.2) is 0 Å². The van der Waals surface area contributed by atoms with E-state index in [1.165, 1.54) is 14.1 Å². The van der Waals surface area contributed by atoms with E-state index in [0.717, 1.165) is 44.2 Å². The molecule has 2 aliphatic rings. The molecule has 0 bridgehead atoms. The molecule has 2 aromatic carbocycles. The number of carbonyl (C=O) groups excluding carboxylic acids is 2. The molecular weight excluding hydrogens is 486 g/mol. The molecule has 5 rings (SSSR count). The highest BCUT2D eigenvalue weighted by atomic mass is 16.5. The molecule has 2 amide bonds. The number of nitrogens with two attached hydrogens (primary N) is 1. The number of ether oxygens (including phenoxy) is 1. The highest BCUT2D eigenvalue weighted by Crippen LogP contribution is 2.44. The second-order valence-corrected chi connectivity index (χ2v) is 9.92. The number of fused-ring (bicyclic) bond motifs is 3. The van der Waals surface area contributed by atoms with Crippen molar-refractivity contribution >= 4 is 23.5 Å². The van der Waals surface area contributed by atoms with E-state index in [1.54, 1.807) is 0 Å². The summed E-state index contributed by atoms with van der Waals surface area (Å²) in [4.78, 5) is 50.8. The monoisotopic (exact) mass is 517 g/mol. The molecule has 0 saturated heterocycles. The van der Waals surface area contributed by atoms with Gasteiger partial charge < -0.3 is 21.1 Å². The molecule has 2 aliphatic carbocycles. The maximum atomic E-state index is 13.2. The fraction of sp³-hybridized carbons (Fsp3) is 0.357. The smallest absolute Gasteiger partial charge is 0.407 e. The summed E-state index contributed by atoms with van der Waals surface area (Å²) < 4.78 is 7.67. The maximum Gasteiger partial charge on any atom is 0.407 e. The van der Waals surface area contributed by atoms with E-state index in [9.17, 15) is 19.2 Å². The summed E-state index contributed by atoms with van der Waals surface area (Å²) in [7, 11) is 2.75.